The zero-order chi connectivity index (χ0) is 21.8. The lowest BCUT2D eigenvalue weighted by molar-refractivity contribution is 0.0995. The molecule has 0 spiro atoms. The van der Waals surface area contributed by atoms with Crippen LogP contribution in [0.5, 0.6) is 17.2 Å². The summed E-state index contributed by atoms with van der Waals surface area (Å²) in [6.07, 6.45) is 0. The number of hydrogen-bond acceptors (Lipinski definition) is 5. The number of anilines is 1. The maximum absolute atomic E-state index is 13.2. The Kier molecular flexibility index (Phi) is 6.00. The quantitative estimate of drug-likeness (QED) is 0.387. The molecule has 0 fully saturated rings. The van der Waals surface area contributed by atoms with Crippen molar-refractivity contribution < 1.29 is 23.4 Å². The molecule has 4 aromatic rings. The van der Waals surface area contributed by atoms with E-state index >= 15 is 0 Å². The molecule has 0 unspecified atom stereocenters. The van der Waals surface area contributed by atoms with Crippen molar-refractivity contribution >= 4 is 34.2 Å². The number of benzene rings is 3. The molecule has 0 aliphatic heterocycles. The summed E-state index contributed by atoms with van der Waals surface area (Å²) in [7, 11) is 3.00. The van der Waals surface area contributed by atoms with Crippen LogP contribution in [-0.2, 0) is 6.61 Å². The molecule has 6 nitrogen and oxygen atoms in total. The van der Waals surface area contributed by atoms with Gasteiger partial charge in [-0.05, 0) is 24.3 Å². The molecular formula is C24H20ClNO5. The molecule has 7 heteroatoms. The molecule has 0 radical (unpaired) electrons. The second kappa shape index (κ2) is 9.02. The molecule has 1 heterocycles. The zero-order valence-electron chi connectivity index (χ0n) is 17.0. The molecule has 1 N–H and O–H groups in total. The Morgan fingerprint density at radius 2 is 1.68 bits per heavy atom. The number of carbonyl (C=O) groups is 1. The highest BCUT2D eigenvalue weighted by atomic mass is 35.5. The van der Waals surface area contributed by atoms with Crippen LogP contribution in [0.25, 0.3) is 11.0 Å². The van der Waals surface area contributed by atoms with Crippen LogP contribution >= 0.6 is 11.6 Å². The Morgan fingerprint density at radius 3 is 2.42 bits per heavy atom. The summed E-state index contributed by atoms with van der Waals surface area (Å²) in [6, 6.07) is 20.0. The average Bonchev–Trinajstić information content (AvgIpc) is 3.17. The fourth-order valence-corrected chi connectivity index (χ4v) is 3.48. The lowest BCUT2D eigenvalue weighted by Crippen LogP contribution is -2.14. The second-order valence-corrected chi connectivity index (χ2v) is 7.06. The molecule has 4 rings (SSSR count). The first-order valence-corrected chi connectivity index (χ1v) is 9.89. The fourth-order valence-electron chi connectivity index (χ4n) is 3.23. The van der Waals surface area contributed by atoms with E-state index in [4.69, 9.17) is 30.2 Å². The Morgan fingerprint density at radius 1 is 0.968 bits per heavy atom. The summed E-state index contributed by atoms with van der Waals surface area (Å²) in [5, 5.41) is 3.97. The van der Waals surface area contributed by atoms with Gasteiger partial charge in [-0.25, -0.2) is 0 Å². The van der Waals surface area contributed by atoms with Gasteiger partial charge in [-0.3, -0.25) is 4.79 Å². The highest BCUT2D eigenvalue weighted by Gasteiger charge is 2.23. The third-order valence-corrected chi connectivity index (χ3v) is 5.05. The molecule has 0 aliphatic carbocycles. The van der Waals surface area contributed by atoms with Crippen molar-refractivity contribution in [1.29, 1.82) is 0 Å². The average molecular weight is 438 g/mol. The van der Waals surface area contributed by atoms with E-state index in [9.17, 15) is 4.79 Å². The predicted octanol–water partition coefficient (Wildman–Crippen LogP) is 5.93. The Balaban J connectivity index is 1.67. The predicted molar refractivity (Wildman–Crippen MR) is 119 cm³/mol. The first-order valence-electron chi connectivity index (χ1n) is 9.52. The number of hydrogen-bond donors (Lipinski definition) is 1. The minimum Gasteiger partial charge on any atom is -0.495 e. The maximum atomic E-state index is 13.2. The van der Waals surface area contributed by atoms with Gasteiger partial charge in [0.1, 0.15) is 29.4 Å². The number of fused-ring (bicyclic) bond motifs is 1. The van der Waals surface area contributed by atoms with Gasteiger partial charge in [0.2, 0.25) is 0 Å². The van der Waals surface area contributed by atoms with Crippen LogP contribution in [0.1, 0.15) is 16.1 Å². The summed E-state index contributed by atoms with van der Waals surface area (Å²) < 4.78 is 22.3. The van der Waals surface area contributed by atoms with E-state index in [2.05, 4.69) is 5.32 Å². The highest BCUT2D eigenvalue weighted by Crippen LogP contribution is 2.36. The molecule has 0 saturated heterocycles. The Hall–Kier alpha value is -3.64. The third-order valence-electron chi connectivity index (χ3n) is 4.75. The van der Waals surface area contributed by atoms with Gasteiger partial charge in [0.05, 0.1) is 24.9 Å². The van der Waals surface area contributed by atoms with Crippen molar-refractivity contribution in [3.8, 4) is 17.2 Å². The number of halogens is 1. The lowest BCUT2D eigenvalue weighted by atomic mass is 10.1. The zero-order valence-corrected chi connectivity index (χ0v) is 17.7. The van der Waals surface area contributed by atoms with Gasteiger partial charge in [0.15, 0.2) is 5.76 Å². The van der Waals surface area contributed by atoms with Gasteiger partial charge in [-0.1, -0.05) is 48.0 Å². The second-order valence-electron chi connectivity index (χ2n) is 6.65. The summed E-state index contributed by atoms with van der Waals surface area (Å²) in [4.78, 5) is 13.2. The summed E-state index contributed by atoms with van der Waals surface area (Å²) in [5.74, 6) is 1.27. The van der Waals surface area contributed by atoms with Crippen molar-refractivity contribution in [3.63, 3.8) is 0 Å². The summed E-state index contributed by atoms with van der Waals surface area (Å²) in [6.45, 7) is 0.171. The molecular weight excluding hydrogens is 418 g/mol. The standard InChI is InChI=1S/C24H20ClNO5/c1-28-21-13-22(29-2)19(12-18(21)25)26-24(27)23-17(14-30-15-8-4-3-5-9-15)16-10-6-7-11-20(16)31-23/h3-13H,14H2,1-2H3,(H,26,27). The molecule has 0 atom stereocenters. The van der Waals surface area contributed by atoms with Gasteiger partial charge in [0, 0.05) is 17.0 Å². The molecule has 0 saturated carbocycles. The van der Waals surface area contributed by atoms with Crippen molar-refractivity contribution in [1.82, 2.24) is 0 Å². The van der Waals surface area contributed by atoms with E-state index in [0.29, 0.717) is 39.1 Å². The lowest BCUT2D eigenvalue weighted by Gasteiger charge is -2.13. The number of amides is 1. The molecule has 31 heavy (non-hydrogen) atoms. The van der Waals surface area contributed by atoms with Gasteiger partial charge in [-0.15, -0.1) is 0 Å². The van der Waals surface area contributed by atoms with Gasteiger partial charge in [-0.2, -0.15) is 0 Å². The maximum Gasteiger partial charge on any atom is 0.291 e. The van der Waals surface area contributed by atoms with E-state index in [1.54, 1.807) is 12.1 Å². The van der Waals surface area contributed by atoms with Crippen molar-refractivity contribution in [2.75, 3.05) is 19.5 Å². The van der Waals surface area contributed by atoms with Gasteiger partial charge in [0.25, 0.3) is 5.91 Å². The van der Waals surface area contributed by atoms with Crippen LogP contribution in [0, 0.1) is 0 Å². The number of carbonyl (C=O) groups excluding carboxylic acids is 1. The van der Waals surface area contributed by atoms with E-state index < -0.39 is 5.91 Å². The normalized spacial score (nSPS) is 10.7. The number of para-hydroxylation sites is 2. The molecule has 1 amide bonds. The first kappa shape index (κ1) is 20.6. The van der Waals surface area contributed by atoms with Crippen molar-refractivity contribution in [3.05, 3.63) is 83.1 Å². The van der Waals surface area contributed by atoms with Crippen molar-refractivity contribution in [2.45, 2.75) is 6.61 Å². The minimum absolute atomic E-state index is 0.158. The largest absolute Gasteiger partial charge is 0.495 e. The molecule has 3 aromatic carbocycles. The van der Waals surface area contributed by atoms with E-state index in [1.807, 2.05) is 54.6 Å². The fraction of sp³-hybridized carbons (Fsp3) is 0.125. The summed E-state index contributed by atoms with van der Waals surface area (Å²) >= 11 is 6.23. The van der Waals surface area contributed by atoms with Crippen LogP contribution in [-0.4, -0.2) is 20.1 Å². The Labute approximate surface area is 184 Å². The van der Waals surface area contributed by atoms with Crippen molar-refractivity contribution in [2.24, 2.45) is 0 Å². The third kappa shape index (κ3) is 4.29. The molecule has 0 bridgehead atoms. The molecule has 1 aromatic heterocycles. The monoisotopic (exact) mass is 437 g/mol. The number of furan rings is 1. The van der Waals surface area contributed by atoms with E-state index in [-0.39, 0.29) is 12.4 Å². The van der Waals surface area contributed by atoms with E-state index in [0.717, 1.165) is 5.39 Å². The van der Waals surface area contributed by atoms with Crippen LogP contribution in [0.4, 0.5) is 5.69 Å². The first-order chi connectivity index (χ1) is 15.1. The van der Waals surface area contributed by atoms with Crippen LogP contribution in [0.2, 0.25) is 5.02 Å². The number of nitrogens with one attached hydrogen (secondary N) is 1. The van der Waals surface area contributed by atoms with Gasteiger partial charge >= 0.3 is 0 Å². The number of methoxy groups -OCH3 is 2. The van der Waals surface area contributed by atoms with E-state index in [1.165, 1.54) is 14.2 Å². The molecule has 158 valence electrons. The Bertz CT molecular complexity index is 1220. The molecule has 0 aliphatic rings. The van der Waals surface area contributed by atoms with Crippen LogP contribution < -0.4 is 19.5 Å². The van der Waals surface area contributed by atoms with Gasteiger partial charge < -0.3 is 23.9 Å². The highest BCUT2D eigenvalue weighted by molar-refractivity contribution is 6.32. The number of ether oxygens (including phenoxy) is 3. The van der Waals surface area contributed by atoms with Crippen LogP contribution in [0.3, 0.4) is 0 Å². The SMILES string of the molecule is COc1cc(OC)c(NC(=O)c2oc3ccccc3c2COc2ccccc2)cc1Cl. The minimum atomic E-state index is -0.442. The summed E-state index contributed by atoms with van der Waals surface area (Å²) in [5.41, 5.74) is 1.64. The topological polar surface area (TPSA) is 69.9 Å². The number of rotatable bonds is 7. The smallest absolute Gasteiger partial charge is 0.291 e. The van der Waals surface area contributed by atoms with Crippen LogP contribution in [0.15, 0.2) is 71.1 Å².